The third-order valence-electron chi connectivity index (χ3n) is 3.74. The smallest absolute Gasteiger partial charge is 0.223 e. The summed E-state index contributed by atoms with van der Waals surface area (Å²) in [5.74, 6) is 0.275. The van der Waals surface area contributed by atoms with Crippen molar-refractivity contribution in [2.75, 3.05) is 0 Å². The second-order valence-electron chi connectivity index (χ2n) is 5.16. The Balaban J connectivity index is 1.81. The predicted octanol–water partition coefficient (Wildman–Crippen LogP) is 1.99. The quantitative estimate of drug-likeness (QED) is 0.853. The lowest BCUT2D eigenvalue weighted by Gasteiger charge is -2.11. The number of carbonyl (C=O) groups excluding carboxylic acids is 1. The molecule has 18 heavy (non-hydrogen) atoms. The Bertz CT molecular complexity index is 399. The van der Waals surface area contributed by atoms with E-state index in [4.69, 9.17) is 5.73 Å². The first-order chi connectivity index (χ1) is 8.69. The minimum absolute atomic E-state index is 0.120. The number of benzene rings is 1. The molecule has 1 aliphatic rings. The van der Waals surface area contributed by atoms with Crippen molar-refractivity contribution < 1.29 is 4.79 Å². The maximum absolute atomic E-state index is 11.9. The second-order valence-corrected chi connectivity index (χ2v) is 5.16. The molecule has 2 unspecified atom stereocenters. The number of aryl methyl sites for hydroxylation is 1. The van der Waals surface area contributed by atoms with Gasteiger partial charge in [0.05, 0.1) is 0 Å². The fraction of sp³-hybridized carbons (Fsp3) is 0.533. The average molecular weight is 246 g/mol. The number of rotatable bonds is 4. The first-order valence-corrected chi connectivity index (χ1v) is 6.80. The predicted molar refractivity (Wildman–Crippen MR) is 73.0 cm³/mol. The Kier molecular flexibility index (Phi) is 4.37. The van der Waals surface area contributed by atoms with Crippen LogP contribution >= 0.6 is 0 Å². The van der Waals surface area contributed by atoms with Crippen LogP contribution in [0.1, 0.15) is 37.3 Å². The number of hydrogen-bond donors (Lipinski definition) is 2. The molecule has 1 aromatic carbocycles. The molecule has 1 fully saturated rings. The summed E-state index contributed by atoms with van der Waals surface area (Å²) in [6.07, 6.45) is 3.79. The van der Waals surface area contributed by atoms with Gasteiger partial charge in [-0.1, -0.05) is 31.2 Å². The molecule has 1 aromatic rings. The molecule has 0 radical (unpaired) electrons. The monoisotopic (exact) mass is 246 g/mol. The standard InChI is InChI=1S/C15H22N2O/c1-2-11-3-5-12(6-4-11)10-17-15(18)13-7-8-14(16)9-13/h3-6,13-14H,2,7-10,16H2,1H3,(H,17,18). The molecule has 2 rings (SSSR count). The van der Waals surface area contributed by atoms with Gasteiger partial charge in [0, 0.05) is 18.5 Å². The van der Waals surface area contributed by atoms with E-state index in [1.165, 1.54) is 5.56 Å². The van der Waals surface area contributed by atoms with E-state index in [1.54, 1.807) is 0 Å². The summed E-state index contributed by atoms with van der Waals surface area (Å²) in [6, 6.07) is 8.61. The van der Waals surface area contributed by atoms with Crippen molar-refractivity contribution >= 4 is 5.91 Å². The molecule has 3 N–H and O–H groups in total. The van der Waals surface area contributed by atoms with Gasteiger partial charge in [0.2, 0.25) is 5.91 Å². The molecular formula is C15H22N2O. The third-order valence-corrected chi connectivity index (χ3v) is 3.74. The van der Waals surface area contributed by atoms with Crippen LogP contribution in [0.3, 0.4) is 0 Å². The first-order valence-electron chi connectivity index (χ1n) is 6.80. The Morgan fingerprint density at radius 1 is 1.28 bits per heavy atom. The van der Waals surface area contributed by atoms with Gasteiger partial charge in [0.1, 0.15) is 0 Å². The van der Waals surface area contributed by atoms with E-state index in [0.29, 0.717) is 6.54 Å². The molecule has 0 spiro atoms. The van der Waals surface area contributed by atoms with Crippen LogP contribution in [0.25, 0.3) is 0 Å². The molecule has 1 saturated carbocycles. The summed E-state index contributed by atoms with van der Waals surface area (Å²) in [7, 11) is 0. The van der Waals surface area contributed by atoms with E-state index >= 15 is 0 Å². The van der Waals surface area contributed by atoms with Crippen LogP contribution in [0.2, 0.25) is 0 Å². The van der Waals surface area contributed by atoms with Crippen molar-refractivity contribution in [2.45, 2.75) is 45.2 Å². The Morgan fingerprint density at radius 2 is 1.94 bits per heavy atom. The number of carbonyl (C=O) groups is 1. The highest BCUT2D eigenvalue weighted by Gasteiger charge is 2.27. The summed E-state index contributed by atoms with van der Waals surface area (Å²) in [5.41, 5.74) is 8.30. The minimum Gasteiger partial charge on any atom is -0.352 e. The molecule has 3 nitrogen and oxygen atoms in total. The van der Waals surface area contributed by atoms with Gasteiger partial charge in [-0.2, -0.15) is 0 Å². The van der Waals surface area contributed by atoms with Gasteiger partial charge in [-0.15, -0.1) is 0 Å². The Labute approximate surface area is 109 Å². The first kappa shape index (κ1) is 13.1. The van der Waals surface area contributed by atoms with Gasteiger partial charge in [-0.05, 0) is 36.8 Å². The van der Waals surface area contributed by atoms with Crippen LogP contribution in [0.5, 0.6) is 0 Å². The number of nitrogens with one attached hydrogen (secondary N) is 1. The fourth-order valence-electron chi connectivity index (χ4n) is 2.48. The molecule has 0 aliphatic heterocycles. The lowest BCUT2D eigenvalue weighted by Crippen LogP contribution is -2.29. The summed E-state index contributed by atoms with van der Waals surface area (Å²) >= 11 is 0. The summed E-state index contributed by atoms with van der Waals surface area (Å²) in [4.78, 5) is 11.9. The highest BCUT2D eigenvalue weighted by Crippen LogP contribution is 2.24. The highest BCUT2D eigenvalue weighted by atomic mass is 16.1. The molecule has 0 bridgehead atoms. The highest BCUT2D eigenvalue weighted by molar-refractivity contribution is 5.79. The third kappa shape index (κ3) is 3.33. The zero-order valence-electron chi connectivity index (χ0n) is 11.0. The molecule has 98 valence electrons. The van der Waals surface area contributed by atoms with Crippen molar-refractivity contribution in [3.63, 3.8) is 0 Å². The van der Waals surface area contributed by atoms with Gasteiger partial charge in [-0.25, -0.2) is 0 Å². The SMILES string of the molecule is CCc1ccc(CNC(=O)C2CCC(N)C2)cc1. The van der Waals surface area contributed by atoms with Crippen molar-refractivity contribution in [3.05, 3.63) is 35.4 Å². The maximum atomic E-state index is 11.9. The molecular weight excluding hydrogens is 224 g/mol. The maximum Gasteiger partial charge on any atom is 0.223 e. The van der Waals surface area contributed by atoms with E-state index in [9.17, 15) is 4.79 Å². The van der Waals surface area contributed by atoms with Crippen LogP contribution in [0, 0.1) is 5.92 Å². The van der Waals surface area contributed by atoms with Gasteiger partial charge >= 0.3 is 0 Å². The van der Waals surface area contributed by atoms with Gasteiger partial charge in [-0.3, -0.25) is 4.79 Å². The zero-order chi connectivity index (χ0) is 13.0. The van der Waals surface area contributed by atoms with E-state index in [0.717, 1.165) is 31.2 Å². The van der Waals surface area contributed by atoms with Crippen molar-refractivity contribution in [1.82, 2.24) is 5.32 Å². The molecule has 0 saturated heterocycles. The molecule has 1 aliphatic carbocycles. The largest absolute Gasteiger partial charge is 0.352 e. The Hall–Kier alpha value is -1.35. The number of hydrogen-bond acceptors (Lipinski definition) is 2. The molecule has 0 aromatic heterocycles. The summed E-state index contributed by atoms with van der Waals surface area (Å²) < 4.78 is 0. The van der Waals surface area contributed by atoms with Crippen LogP contribution in [0.15, 0.2) is 24.3 Å². The van der Waals surface area contributed by atoms with E-state index < -0.39 is 0 Å². The van der Waals surface area contributed by atoms with Crippen LogP contribution in [-0.2, 0) is 17.8 Å². The van der Waals surface area contributed by atoms with Crippen molar-refractivity contribution in [2.24, 2.45) is 11.7 Å². The van der Waals surface area contributed by atoms with E-state index in [2.05, 4.69) is 36.5 Å². The van der Waals surface area contributed by atoms with E-state index in [-0.39, 0.29) is 17.9 Å². The van der Waals surface area contributed by atoms with Crippen molar-refractivity contribution in [3.8, 4) is 0 Å². The number of nitrogens with two attached hydrogens (primary N) is 1. The van der Waals surface area contributed by atoms with Gasteiger partial charge < -0.3 is 11.1 Å². The fourth-order valence-corrected chi connectivity index (χ4v) is 2.48. The molecule has 2 atom stereocenters. The lowest BCUT2D eigenvalue weighted by atomic mass is 10.1. The second kappa shape index (κ2) is 6.01. The topological polar surface area (TPSA) is 55.1 Å². The van der Waals surface area contributed by atoms with Gasteiger partial charge in [0.15, 0.2) is 0 Å². The van der Waals surface area contributed by atoms with Gasteiger partial charge in [0.25, 0.3) is 0 Å². The molecule has 3 heteroatoms. The zero-order valence-corrected chi connectivity index (χ0v) is 11.0. The Morgan fingerprint density at radius 3 is 2.50 bits per heavy atom. The average Bonchev–Trinajstić information content (AvgIpc) is 2.83. The molecule has 1 amide bonds. The summed E-state index contributed by atoms with van der Waals surface area (Å²) in [6.45, 7) is 2.76. The molecule has 0 heterocycles. The minimum atomic E-state index is 0.120. The number of amides is 1. The van der Waals surface area contributed by atoms with Crippen LogP contribution in [0.4, 0.5) is 0 Å². The normalized spacial score (nSPS) is 23.0. The lowest BCUT2D eigenvalue weighted by molar-refractivity contribution is -0.125. The van der Waals surface area contributed by atoms with Crippen molar-refractivity contribution in [1.29, 1.82) is 0 Å². The summed E-state index contributed by atoms with van der Waals surface area (Å²) in [5, 5.41) is 3.00. The van der Waals surface area contributed by atoms with Crippen LogP contribution in [-0.4, -0.2) is 11.9 Å². The van der Waals surface area contributed by atoms with Crippen LogP contribution < -0.4 is 11.1 Å². The van der Waals surface area contributed by atoms with E-state index in [1.807, 2.05) is 0 Å².